The third-order valence-electron chi connectivity index (χ3n) is 7.64. The van der Waals surface area contributed by atoms with Crippen molar-refractivity contribution in [2.75, 3.05) is 13.1 Å². The van der Waals surface area contributed by atoms with Crippen LogP contribution < -0.4 is 10.4 Å². The Morgan fingerprint density at radius 3 is 1.33 bits per heavy atom. The second-order valence-electron chi connectivity index (χ2n) is 11.6. The van der Waals surface area contributed by atoms with Gasteiger partial charge in [0.2, 0.25) is 0 Å². The average Bonchev–Trinajstić information content (AvgIpc) is 3.46. The second-order valence-corrected chi connectivity index (χ2v) is 15.9. The molecule has 4 aromatic rings. The number of nitrogens with zero attached hydrogens (tertiary/aromatic N) is 2. The number of carbonyl (C=O) groups excluding carboxylic acids is 2. The Morgan fingerprint density at radius 1 is 0.628 bits per heavy atom. The fourth-order valence-corrected chi connectivity index (χ4v) is 10.3. The van der Waals surface area contributed by atoms with Gasteiger partial charge in [0, 0.05) is 0 Å². The minimum atomic E-state index is -2.94. The Morgan fingerprint density at radius 2 is 0.977 bits per heavy atom. The molecule has 4 aromatic carbocycles. The van der Waals surface area contributed by atoms with Gasteiger partial charge in [-0.15, -0.1) is 0 Å². The molecule has 1 aliphatic rings. The lowest BCUT2D eigenvalue weighted by molar-refractivity contribution is 0.00184. The maximum absolute atomic E-state index is 13.5. The number of hydrazine groups is 1. The van der Waals surface area contributed by atoms with Crippen molar-refractivity contribution in [1.29, 1.82) is 0 Å². The summed E-state index contributed by atoms with van der Waals surface area (Å²) in [6.07, 6.45) is -1.73. The largest absolute Gasteiger partial charge is 0.443 e. The molecule has 0 radical (unpaired) electrons. The van der Waals surface area contributed by atoms with E-state index in [0.717, 1.165) is 21.5 Å². The van der Waals surface area contributed by atoms with E-state index in [0.29, 0.717) is 0 Å². The summed E-state index contributed by atoms with van der Waals surface area (Å²) in [4.78, 5) is 26.9. The molecule has 0 saturated carbocycles. The van der Waals surface area contributed by atoms with E-state index in [2.05, 4.69) is 45.0 Å². The molecule has 0 aromatic heterocycles. The normalized spacial score (nSPS) is 14.0. The molecular weight excluding hydrogens is 556 g/mol. The molecule has 0 spiro atoms. The Bertz CT molecular complexity index is 1380. The zero-order chi connectivity index (χ0) is 30.3. The minimum absolute atomic E-state index is 0.0866. The predicted molar refractivity (Wildman–Crippen MR) is 169 cm³/mol. The van der Waals surface area contributed by atoms with Crippen LogP contribution in [0, 0.1) is 0 Å². The molecule has 0 N–H and O–H groups in total. The number of ether oxygens (including phenoxy) is 2. The van der Waals surface area contributed by atoms with Crippen molar-refractivity contribution in [1.82, 2.24) is 10.0 Å². The van der Waals surface area contributed by atoms with Gasteiger partial charge in [-0.25, -0.2) is 19.6 Å². The summed E-state index contributed by atoms with van der Waals surface area (Å²) in [5.74, 6) is 0. The number of benzene rings is 4. The van der Waals surface area contributed by atoms with Crippen molar-refractivity contribution in [3.05, 3.63) is 132 Å². The summed E-state index contributed by atoms with van der Waals surface area (Å²) in [7, 11) is -2.94. The van der Waals surface area contributed by atoms with Crippen LogP contribution in [0.15, 0.2) is 121 Å². The van der Waals surface area contributed by atoms with Crippen LogP contribution in [0.25, 0.3) is 0 Å². The van der Waals surface area contributed by atoms with E-state index in [-0.39, 0.29) is 31.3 Å². The van der Waals surface area contributed by atoms with Crippen molar-refractivity contribution in [3.63, 3.8) is 0 Å². The molecular formula is C35H38N2O5Si. The molecule has 43 heavy (non-hydrogen) atoms. The maximum atomic E-state index is 13.5. The van der Waals surface area contributed by atoms with Crippen molar-refractivity contribution < 1.29 is 23.5 Å². The SMILES string of the molecule is CC(C)(C)[Si](OC1CN(C(=O)OCc2ccccc2)N(C(=O)OCc2ccccc2)C1)(c1ccccc1)c1ccccc1. The number of rotatable bonds is 8. The third kappa shape index (κ3) is 6.82. The Balaban J connectivity index is 1.44. The van der Waals surface area contributed by atoms with E-state index in [1.807, 2.05) is 97.1 Å². The molecule has 1 aliphatic heterocycles. The maximum Gasteiger partial charge on any atom is 0.429 e. The van der Waals surface area contributed by atoms with E-state index in [1.54, 1.807) is 0 Å². The highest BCUT2D eigenvalue weighted by Crippen LogP contribution is 2.38. The average molecular weight is 595 g/mol. The van der Waals surface area contributed by atoms with Gasteiger partial charge in [-0.3, -0.25) is 0 Å². The first-order valence-electron chi connectivity index (χ1n) is 14.5. The van der Waals surface area contributed by atoms with Gasteiger partial charge in [0.05, 0.1) is 19.2 Å². The van der Waals surface area contributed by atoms with Gasteiger partial charge in [-0.1, -0.05) is 142 Å². The topological polar surface area (TPSA) is 68.3 Å². The molecule has 1 saturated heterocycles. The zero-order valence-corrected chi connectivity index (χ0v) is 25.9. The van der Waals surface area contributed by atoms with Crippen LogP contribution in [0.5, 0.6) is 0 Å². The highest BCUT2D eigenvalue weighted by Gasteiger charge is 2.53. The van der Waals surface area contributed by atoms with Crippen LogP contribution in [-0.4, -0.2) is 49.7 Å². The molecule has 0 unspecified atom stereocenters. The van der Waals surface area contributed by atoms with Gasteiger partial charge in [-0.05, 0) is 26.5 Å². The zero-order valence-electron chi connectivity index (χ0n) is 24.9. The molecule has 0 bridgehead atoms. The van der Waals surface area contributed by atoms with Gasteiger partial charge < -0.3 is 13.9 Å². The van der Waals surface area contributed by atoms with Gasteiger partial charge in [0.15, 0.2) is 0 Å². The monoisotopic (exact) mass is 594 g/mol. The molecule has 0 aliphatic carbocycles. The van der Waals surface area contributed by atoms with E-state index < -0.39 is 26.6 Å². The molecule has 0 atom stereocenters. The van der Waals surface area contributed by atoms with Crippen LogP contribution in [0.3, 0.4) is 0 Å². The lowest BCUT2D eigenvalue weighted by Gasteiger charge is -2.44. The summed E-state index contributed by atoms with van der Waals surface area (Å²) in [5, 5.41) is 4.61. The van der Waals surface area contributed by atoms with Gasteiger partial charge >= 0.3 is 12.2 Å². The molecule has 1 fully saturated rings. The quantitative estimate of drug-likeness (QED) is 0.229. The Labute approximate surface area is 254 Å². The summed E-state index contributed by atoms with van der Waals surface area (Å²) in [5.41, 5.74) is 1.71. The standard InChI is InChI=1S/C35H38N2O5Si/c1-35(2,3)43(31-20-12-6-13-21-31,32-22-14-7-15-23-32)42-30-24-36(33(38)40-26-28-16-8-4-9-17-28)37(25-30)34(39)41-27-29-18-10-5-11-19-29/h4-23,30H,24-27H2,1-3H3. The number of amides is 2. The molecule has 222 valence electrons. The van der Waals surface area contributed by atoms with Gasteiger partial charge in [0.25, 0.3) is 8.32 Å². The predicted octanol–water partition coefficient (Wildman–Crippen LogP) is 6.14. The summed E-state index contributed by atoms with van der Waals surface area (Å²) in [6, 6.07) is 39.5. The molecule has 1 heterocycles. The van der Waals surface area contributed by atoms with Crippen LogP contribution in [0.1, 0.15) is 31.9 Å². The number of hydrogen-bond acceptors (Lipinski definition) is 5. The van der Waals surface area contributed by atoms with E-state index in [9.17, 15) is 9.59 Å². The minimum Gasteiger partial charge on any atom is -0.443 e. The van der Waals surface area contributed by atoms with Crippen LogP contribution in [0.4, 0.5) is 9.59 Å². The fourth-order valence-electron chi connectivity index (χ4n) is 5.59. The smallest absolute Gasteiger partial charge is 0.429 e. The lowest BCUT2D eigenvalue weighted by Crippen LogP contribution is -2.68. The first-order chi connectivity index (χ1) is 20.8. The fraction of sp³-hybridized carbons (Fsp3) is 0.257. The summed E-state index contributed by atoms with van der Waals surface area (Å²) < 4.78 is 18.6. The summed E-state index contributed by atoms with van der Waals surface area (Å²) >= 11 is 0. The van der Waals surface area contributed by atoms with E-state index in [4.69, 9.17) is 13.9 Å². The number of carbonyl (C=O) groups is 2. The molecule has 7 nitrogen and oxygen atoms in total. The lowest BCUT2D eigenvalue weighted by atomic mass is 10.2. The first-order valence-corrected chi connectivity index (χ1v) is 16.4. The van der Waals surface area contributed by atoms with Crippen molar-refractivity contribution in [2.45, 2.75) is 45.1 Å². The van der Waals surface area contributed by atoms with Crippen molar-refractivity contribution >= 4 is 30.9 Å². The molecule has 8 heteroatoms. The molecule has 5 rings (SSSR count). The van der Waals surface area contributed by atoms with Crippen LogP contribution >= 0.6 is 0 Å². The Kier molecular flexibility index (Phi) is 9.28. The van der Waals surface area contributed by atoms with Crippen molar-refractivity contribution in [3.8, 4) is 0 Å². The highest BCUT2D eigenvalue weighted by molar-refractivity contribution is 6.99. The molecule has 2 amide bonds. The van der Waals surface area contributed by atoms with E-state index >= 15 is 0 Å². The van der Waals surface area contributed by atoms with Crippen molar-refractivity contribution in [2.24, 2.45) is 0 Å². The number of hydrogen-bond donors (Lipinski definition) is 0. The summed E-state index contributed by atoms with van der Waals surface area (Å²) in [6.45, 7) is 7.08. The van der Waals surface area contributed by atoms with Gasteiger partial charge in [0.1, 0.15) is 13.2 Å². The first kappa shape index (κ1) is 30.1. The van der Waals surface area contributed by atoms with Crippen LogP contribution in [-0.2, 0) is 27.1 Å². The van der Waals surface area contributed by atoms with Crippen LogP contribution in [0.2, 0.25) is 5.04 Å². The van der Waals surface area contributed by atoms with E-state index in [1.165, 1.54) is 10.0 Å². The van der Waals surface area contributed by atoms with Gasteiger partial charge in [-0.2, -0.15) is 0 Å². The second kappa shape index (κ2) is 13.3. The Hall–Kier alpha value is -4.40. The third-order valence-corrected chi connectivity index (χ3v) is 12.7. The highest BCUT2D eigenvalue weighted by atomic mass is 28.4.